The Balaban J connectivity index is 0. The average molecular weight is 1650 g/mol. The number of aliphatic carboxylic acids is 3. The molecule has 0 saturated heterocycles. The van der Waals surface area contributed by atoms with Gasteiger partial charge < -0.3 is 57.9 Å². The van der Waals surface area contributed by atoms with Gasteiger partial charge in [0.2, 0.25) is 17.7 Å². The van der Waals surface area contributed by atoms with Gasteiger partial charge >= 0.3 is 36.4 Å². The molecule has 0 bridgehead atoms. The van der Waals surface area contributed by atoms with E-state index in [1.165, 1.54) is 154 Å². The Morgan fingerprint density at radius 3 is 0.652 bits per heavy atom. The predicted molar refractivity (Wildman–Crippen MR) is 439 cm³/mol. The third-order valence-electron chi connectivity index (χ3n) is 20.2. The SMILES string of the molecule is CCCCCCCCN(CCCCCCCC)C(=O)CCC(CCC(=O)N(CCCCCCCC)CCCCCCCC)(CCC(=O)N(CCCCCCCC)CCCCCCCC)NC(=O)c1ccc(C#Cc2ccc(C(=O)NC(CCN)(CCN)CCN)cc2)cc1.O=C(O)C(F)(F)F.O=C(O)C(F)(F)F.O=C(O)C(F)(F)F. The lowest BCUT2D eigenvalue weighted by atomic mass is 9.82. The van der Waals surface area contributed by atoms with Crippen molar-refractivity contribution in [2.75, 3.05) is 58.9 Å². The van der Waals surface area contributed by atoms with Gasteiger partial charge in [0, 0.05) is 91.9 Å². The number of carboxylic acids is 3. The van der Waals surface area contributed by atoms with E-state index in [9.17, 15) is 44.3 Å². The summed E-state index contributed by atoms with van der Waals surface area (Å²) in [7, 11) is 0. The second-order valence-corrected chi connectivity index (χ2v) is 30.1. The largest absolute Gasteiger partial charge is 0.490 e. The minimum absolute atomic E-state index is 0.0920. The van der Waals surface area contributed by atoms with Gasteiger partial charge in [-0.2, -0.15) is 39.5 Å². The number of carbonyl (C=O) groups excluding carboxylic acids is 5. The predicted octanol–water partition coefficient (Wildman–Crippen LogP) is 20.0. The molecule has 11 N–H and O–H groups in total. The smallest absolute Gasteiger partial charge is 0.475 e. The highest BCUT2D eigenvalue weighted by Gasteiger charge is 2.41. The molecule has 0 saturated carbocycles. The molecule has 28 heteroatoms. The van der Waals surface area contributed by atoms with Crippen LogP contribution in [0.5, 0.6) is 0 Å². The molecule has 0 fully saturated rings. The number of nitrogens with one attached hydrogen (secondary N) is 2. The second kappa shape index (κ2) is 67.0. The monoisotopic (exact) mass is 1650 g/mol. The topological polar surface area (TPSA) is 309 Å². The number of unbranched alkanes of at least 4 members (excludes halogenated alkanes) is 30. The van der Waals surface area contributed by atoms with E-state index < -0.39 is 47.5 Å². The summed E-state index contributed by atoms with van der Waals surface area (Å²) in [6, 6.07) is 14.5. The van der Waals surface area contributed by atoms with Crippen molar-refractivity contribution in [3.63, 3.8) is 0 Å². The summed E-state index contributed by atoms with van der Waals surface area (Å²) < 4.78 is 95.2. The summed E-state index contributed by atoms with van der Waals surface area (Å²) in [4.78, 5) is 107. The van der Waals surface area contributed by atoms with E-state index >= 15 is 19.2 Å². The van der Waals surface area contributed by atoms with E-state index in [1.54, 1.807) is 24.3 Å². The molecule has 2 rings (SSSR count). The van der Waals surface area contributed by atoms with Gasteiger partial charge in [-0.1, -0.05) is 246 Å². The maximum Gasteiger partial charge on any atom is 0.490 e. The third-order valence-corrected chi connectivity index (χ3v) is 20.2. The first-order valence-corrected chi connectivity index (χ1v) is 42.9. The minimum atomic E-state index is -5.08. The molecule has 0 heterocycles. The summed E-state index contributed by atoms with van der Waals surface area (Å²) in [6.07, 6.45) is 29.2. The molecule has 0 atom stereocenters. The van der Waals surface area contributed by atoms with Crippen LogP contribution < -0.4 is 27.8 Å². The van der Waals surface area contributed by atoms with Crippen LogP contribution in [0, 0.1) is 11.8 Å². The number of nitrogens with zero attached hydrogens (tertiary/aromatic N) is 3. The maximum absolute atomic E-state index is 15.2. The van der Waals surface area contributed by atoms with E-state index in [1.807, 2.05) is 24.3 Å². The lowest BCUT2D eigenvalue weighted by molar-refractivity contribution is -0.193. The van der Waals surface area contributed by atoms with E-state index in [4.69, 9.17) is 46.9 Å². The molecule has 662 valence electrons. The van der Waals surface area contributed by atoms with Crippen molar-refractivity contribution in [1.29, 1.82) is 0 Å². The molecule has 0 aliphatic rings. The number of nitrogens with two attached hydrogens (primary N) is 3. The number of alkyl halides is 9. The molecule has 2 aromatic carbocycles. The summed E-state index contributed by atoms with van der Waals surface area (Å²) in [6.45, 7) is 19.0. The molecule has 0 aliphatic carbocycles. The van der Waals surface area contributed by atoms with Gasteiger partial charge in [0.15, 0.2) is 0 Å². The van der Waals surface area contributed by atoms with Crippen molar-refractivity contribution in [3.05, 3.63) is 70.8 Å². The highest BCUT2D eigenvalue weighted by atomic mass is 19.4. The third kappa shape index (κ3) is 56.9. The summed E-state index contributed by atoms with van der Waals surface area (Å²) in [5.41, 5.74) is 18.7. The van der Waals surface area contributed by atoms with Gasteiger partial charge in [-0.05, 0) is 145 Å². The molecule has 0 unspecified atom stereocenters. The lowest BCUT2D eigenvalue weighted by Gasteiger charge is -2.37. The number of hydrogen-bond donors (Lipinski definition) is 8. The second-order valence-electron chi connectivity index (χ2n) is 30.1. The van der Waals surface area contributed by atoms with Crippen molar-refractivity contribution in [3.8, 4) is 11.8 Å². The Morgan fingerprint density at radius 1 is 0.304 bits per heavy atom. The quantitative estimate of drug-likeness (QED) is 0.0174. The van der Waals surface area contributed by atoms with Crippen LogP contribution in [-0.4, -0.2) is 166 Å². The van der Waals surface area contributed by atoms with E-state index in [0.29, 0.717) is 114 Å². The number of hydrogen-bond acceptors (Lipinski definition) is 11. The number of carboxylic acid groups (broad SMARTS) is 3. The van der Waals surface area contributed by atoms with E-state index in [-0.39, 0.29) is 48.8 Å². The Kier molecular flexibility index (Phi) is 64.1. The first kappa shape index (κ1) is 110. The molecule has 0 spiro atoms. The molecule has 2 aromatic rings. The fourth-order valence-electron chi connectivity index (χ4n) is 13.2. The Labute approximate surface area is 681 Å². The maximum atomic E-state index is 15.2. The molecule has 5 amide bonds. The van der Waals surface area contributed by atoms with Gasteiger partial charge in [-0.25, -0.2) is 14.4 Å². The van der Waals surface area contributed by atoms with Gasteiger partial charge in [-0.3, -0.25) is 24.0 Å². The van der Waals surface area contributed by atoms with Crippen LogP contribution in [0.2, 0.25) is 0 Å². The zero-order chi connectivity index (χ0) is 86.8. The minimum Gasteiger partial charge on any atom is -0.475 e. The van der Waals surface area contributed by atoms with Crippen LogP contribution in [0.1, 0.15) is 362 Å². The van der Waals surface area contributed by atoms with Crippen LogP contribution in [0.3, 0.4) is 0 Å². The highest BCUT2D eigenvalue weighted by molar-refractivity contribution is 5.95. The van der Waals surface area contributed by atoms with E-state index in [0.717, 1.165) is 82.6 Å². The van der Waals surface area contributed by atoms with Crippen molar-refractivity contribution in [1.82, 2.24) is 25.3 Å². The van der Waals surface area contributed by atoms with Crippen LogP contribution in [0.25, 0.3) is 0 Å². The van der Waals surface area contributed by atoms with Crippen LogP contribution in [-0.2, 0) is 28.8 Å². The zero-order valence-corrected chi connectivity index (χ0v) is 70.4. The summed E-state index contributed by atoms with van der Waals surface area (Å²) in [5.74, 6) is -2.01. The van der Waals surface area contributed by atoms with Gasteiger partial charge in [-0.15, -0.1) is 0 Å². The molecule has 0 aliphatic heterocycles. The van der Waals surface area contributed by atoms with Crippen LogP contribution in [0.15, 0.2) is 48.5 Å². The molecular formula is C87H145F9N8O11. The van der Waals surface area contributed by atoms with Gasteiger partial charge in [0.05, 0.1) is 0 Å². The summed E-state index contributed by atoms with van der Waals surface area (Å²) in [5, 5.41) is 28.1. The number of halogens is 9. The number of amides is 5. The number of benzene rings is 2. The van der Waals surface area contributed by atoms with Crippen LogP contribution >= 0.6 is 0 Å². The van der Waals surface area contributed by atoms with Crippen molar-refractivity contribution >= 4 is 47.4 Å². The Morgan fingerprint density at radius 2 is 0.478 bits per heavy atom. The van der Waals surface area contributed by atoms with Crippen molar-refractivity contribution in [2.45, 2.75) is 360 Å². The molecule has 19 nitrogen and oxygen atoms in total. The zero-order valence-electron chi connectivity index (χ0n) is 70.4. The summed E-state index contributed by atoms with van der Waals surface area (Å²) >= 11 is 0. The van der Waals surface area contributed by atoms with Crippen LogP contribution in [0.4, 0.5) is 39.5 Å². The molecule has 0 aromatic heterocycles. The first-order chi connectivity index (χ1) is 54.6. The fraction of sp³-hybridized carbons (Fsp3) is 0.747. The fourth-order valence-corrected chi connectivity index (χ4v) is 13.2. The molecular weight excluding hydrogens is 1500 g/mol. The normalized spacial score (nSPS) is 11.5. The Bertz CT molecular complexity index is 2720. The standard InChI is InChI=1S/C81H142N8O5.3C2HF3O2/c1-7-13-19-25-31-37-65-87(66-38-32-26-20-14-8-2)75(90)53-56-80(57-54-76(91)88(67-39-33-27-21-15-9-3)68-40-34-28-22-16-10-4,58-55-77(92)89(69-41-35-29-23-17-11-5)70-42-36-30-24-18-12-6)85-78(93)73-49-45-71(46-50-73)43-44-72-47-51-74(52-48-72)79(94)86-81(59-62-82,60-63-83)61-64-84;3*3-2(4,5)1(6)7/h45-52H,7-42,53-70,82-84H2,1-6H3,(H,85,93)(H,86,94);3*(H,6,7). The molecule has 115 heavy (non-hydrogen) atoms. The number of rotatable bonds is 61. The lowest BCUT2D eigenvalue weighted by Crippen LogP contribution is -2.52. The molecule has 0 radical (unpaired) electrons. The average Bonchev–Trinajstić information content (AvgIpc) is 0.833. The van der Waals surface area contributed by atoms with Crippen molar-refractivity contribution < 1.29 is 93.2 Å². The van der Waals surface area contributed by atoms with Gasteiger partial charge in [0.25, 0.3) is 11.8 Å². The van der Waals surface area contributed by atoms with Gasteiger partial charge in [0.1, 0.15) is 0 Å². The number of carbonyl (C=O) groups is 8. The first-order valence-electron chi connectivity index (χ1n) is 42.9. The van der Waals surface area contributed by atoms with E-state index in [2.05, 4.69) is 78.7 Å². The highest BCUT2D eigenvalue weighted by Crippen LogP contribution is 2.30. The van der Waals surface area contributed by atoms with Crippen molar-refractivity contribution in [2.24, 2.45) is 17.2 Å². The Hall–Kier alpha value is -6.99.